The van der Waals surface area contributed by atoms with Gasteiger partial charge in [0.2, 0.25) is 0 Å². The number of aromatic nitrogens is 3. The van der Waals surface area contributed by atoms with Crippen LogP contribution in [0.25, 0.3) is 0 Å². The first kappa shape index (κ1) is 26.7. The maximum atomic E-state index is 13.6. The lowest BCUT2D eigenvalue weighted by molar-refractivity contribution is -0.137. The van der Waals surface area contributed by atoms with Gasteiger partial charge in [-0.3, -0.25) is 0 Å². The molecule has 0 radical (unpaired) electrons. The average molecular weight is 528 g/mol. The number of anilines is 1. The Labute approximate surface area is 209 Å². The zero-order valence-electron chi connectivity index (χ0n) is 20.4. The van der Waals surface area contributed by atoms with Crippen LogP contribution in [-0.4, -0.2) is 41.3 Å². The molecule has 13 heteroatoms. The fourth-order valence-electron chi connectivity index (χ4n) is 4.49. The molecule has 4 heterocycles. The Morgan fingerprint density at radius 3 is 2.41 bits per heavy atom. The van der Waals surface area contributed by atoms with Crippen molar-refractivity contribution in [3.8, 4) is 0 Å². The van der Waals surface area contributed by atoms with Crippen molar-refractivity contribution in [1.82, 2.24) is 25.6 Å². The third-order valence-corrected chi connectivity index (χ3v) is 6.33. The smallest absolute Gasteiger partial charge is 0.374 e. The Morgan fingerprint density at radius 1 is 1.08 bits per heavy atom. The molecule has 1 atom stereocenters. The Bertz CT molecular complexity index is 1240. The Kier molecular flexibility index (Phi) is 6.86. The lowest BCUT2D eigenvalue weighted by Gasteiger charge is -2.35. The topological polar surface area (TPSA) is 92.0 Å². The third kappa shape index (κ3) is 5.22. The average Bonchev–Trinajstić information content (AvgIpc) is 3.04. The van der Waals surface area contributed by atoms with E-state index < -0.39 is 29.2 Å². The summed E-state index contributed by atoms with van der Waals surface area (Å²) in [6.45, 7) is 4.10. The van der Waals surface area contributed by atoms with E-state index in [0.717, 1.165) is 12.1 Å². The predicted molar refractivity (Wildman–Crippen MR) is 125 cm³/mol. The number of halogens is 6. The number of dihydropyridines is 1. The number of hydrogen-bond acceptors (Lipinski definition) is 7. The molecule has 4 N–H and O–H groups in total. The molecule has 0 spiro atoms. The highest BCUT2D eigenvalue weighted by molar-refractivity contribution is 5.50. The molecule has 2 aromatic heterocycles. The summed E-state index contributed by atoms with van der Waals surface area (Å²) < 4.78 is 81.4. The van der Waals surface area contributed by atoms with E-state index in [4.69, 9.17) is 5.73 Å². The standard InChI is InChI=1S/C24H27F6N7/c1-13(2)19-34-17-8-12-37(21-16(24(28,29)30)5-4-10-33-21)11-7-14(17)18(35-19)22(31)9-6-15(23(25,26)27)20(32-3)36-22/h4-6,9-10,13,32,36H,7-8,11-12,31H2,1-3H3. The van der Waals surface area contributed by atoms with Crippen LogP contribution in [0.1, 0.15) is 48.1 Å². The second-order valence-electron chi connectivity index (χ2n) is 9.23. The van der Waals surface area contributed by atoms with Gasteiger partial charge in [-0.1, -0.05) is 13.8 Å². The van der Waals surface area contributed by atoms with E-state index in [1.54, 1.807) is 0 Å². The minimum Gasteiger partial charge on any atom is -0.374 e. The first-order valence-corrected chi connectivity index (χ1v) is 11.7. The second kappa shape index (κ2) is 9.51. The van der Waals surface area contributed by atoms with Gasteiger partial charge in [0, 0.05) is 49.9 Å². The van der Waals surface area contributed by atoms with Gasteiger partial charge in [0.15, 0.2) is 5.66 Å². The molecule has 0 fully saturated rings. The monoisotopic (exact) mass is 527 g/mol. The summed E-state index contributed by atoms with van der Waals surface area (Å²) in [5, 5.41) is 5.25. The zero-order chi connectivity index (χ0) is 27.2. The molecule has 37 heavy (non-hydrogen) atoms. The van der Waals surface area contributed by atoms with Crippen molar-refractivity contribution in [2.24, 2.45) is 5.73 Å². The molecule has 0 saturated heterocycles. The number of hydrogen-bond donors (Lipinski definition) is 3. The number of nitrogens with zero attached hydrogens (tertiary/aromatic N) is 4. The molecule has 0 aromatic carbocycles. The van der Waals surface area contributed by atoms with Crippen LogP contribution in [0.4, 0.5) is 32.2 Å². The molecule has 2 aliphatic rings. The molecule has 4 rings (SSSR count). The number of allylic oxidation sites excluding steroid dienone is 2. The van der Waals surface area contributed by atoms with Crippen LogP contribution in [0.2, 0.25) is 0 Å². The van der Waals surface area contributed by atoms with Gasteiger partial charge in [-0.05, 0) is 30.7 Å². The van der Waals surface area contributed by atoms with Crippen LogP contribution >= 0.6 is 0 Å². The summed E-state index contributed by atoms with van der Waals surface area (Å²) >= 11 is 0. The molecule has 2 aromatic rings. The summed E-state index contributed by atoms with van der Waals surface area (Å²) in [5.74, 6) is -0.186. The van der Waals surface area contributed by atoms with E-state index >= 15 is 0 Å². The van der Waals surface area contributed by atoms with E-state index in [9.17, 15) is 26.3 Å². The molecule has 0 amide bonds. The van der Waals surface area contributed by atoms with Crippen LogP contribution in [0, 0.1) is 0 Å². The Balaban J connectivity index is 1.76. The number of alkyl halides is 6. The van der Waals surface area contributed by atoms with Gasteiger partial charge in [0.05, 0.1) is 16.8 Å². The summed E-state index contributed by atoms with van der Waals surface area (Å²) in [7, 11) is 1.34. The highest BCUT2D eigenvalue weighted by Crippen LogP contribution is 2.37. The molecule has 0 aliphatic carbocycles. The summed E-state index contributed by atoms with van der Waals surface area (Å²) in [4.78, 5) is 14.8. The lowest BCUT2D eigenvalue weighted by Crippen LogP contribution is -2.54. The van der Waals surface area contributed by atoms with Gasteiger partial charge in [-0.25, -0.2) is 15.0 Å². The number of fused-ring (bicyclic) bond motifs is 1. The number of nitrogens with one attached hydrogen (secondary N) is 2. The van der Waals surface area contributed by atoms with Crippen LogP contribution in [0.3, 0.4) is 0 Å². The molecule has 7 nitrogen and oxygen atoms in total. The molecule has 1 unspecified atom stereocenters. The van der Waals surface area contributed by atoms with E-state index in [1.807, 2.05) is 13.8 Å². The van der Waals surface area contributed by atoms with Crippen LogP contribution < -0.4 is 21.3 Å². The van der Waals surface area contributed by atoms with Crippen molar-refractivity contribution in [2.45, 2.75) is 50.6 Å². The summed E-state index contributed by atoms with van der Waals surface area (Å²) in [6, 6.07) is 2.22. The number of nitrogens with two attached hydrogens (primary N) is 1. The Morgan fingerprint density at radius 2 is 1.78 bits per heavy atom. The van der Waals surface area contributed by atoms with Crippen molar-refractivity contribution in [3.05, 3.63) is 70.2 Å². The minimum atomic E-state index is -4.62. The van der Waals surface area contributed by atoms with Gasteiger partial charge < -0.3 is 21.3 Å². The van der Waals surface area contributed by atoms with Gasteiger partial charge >= 0.3 is 12.4 Å². The molecule has 2 aliphatic heterocycles. The SMILES string of the molecule is CNC1=C(C(F)(F)F)C=CC(N)(c2nc(C(C)C)nc3c2CCN(c2ncccc2C(F)(F)F)CC3)N1. The maximum Gasteiger partial charge on any atom is 0.419 e. The predicted octanol–water partition coefficient (Wildman–Crippen LogP) is 3.88. The minimum absolute atomic E-state index is 0.128. The fourth-order valence-corrected chi connectivity index (χ4v) is 4.49. The number of rotatable bonds is 4. The first-order valence-electron chi connectivity index (χ1n) is 11.7. The van der Waals surface area contributed by atoms with Crippen LogP contribution in [0.15, 0.2) is 41.9 Å². The van der Waals surface area contributed by atoms with Gasteiger partial charge in [-0.15, -0.1) is 0 Å². The normalized spacial score (nSPS) is 20.6. The van der Waals surface area contributed by atoms with E-state index in [2.05, 4.69) is 25.6 Å². The zero-order valence-corrected chi connectivity index (χ0v) is 20.4. The van der Waals surface area contributed by atoms with Crippen molar-refractivity contribution >= 4 is 5.82 Å². The molecular weight excluding hydrogens is 500 g/mol. The van der Waals surface area contributed by atoms with Crippen molar-refractivity contribution < 1.29 is 26.3 Å². The highest BCUT2D eigenvalue weighted by atomic mass is 19.4. The van der Waals surface area contributed by atoms with E-state index in [-0.39, 0.29) is 49.2 Å². The summed E-state index contributed by atoms with van der Waals surface area (Å²) in [5.41, 5.74) is 4.71. The first-order chi connectivity index (χ1) is 17.2. The van der Waals surface area contributed by atoms with Crippen LogP contribution in [-0.2, 0) is 24.7 Å². The summed E-state index contributed by atoms with van der Waals surface area (Å²) in [6.07, 6.45) is -5.29. The van der Waals surface area contributed by atoms with E-state index in [1.165, 1.54) is 30.3 Å². The maximum absolute atomic E-state index is 13.6. The molecular formula is C24H27F6N7. The Hall–Kier alpha value is -3.35. The quantitative estimate of drug-likeness (QED) is 0.520. The molecule has 0 saturated carbocycles. The molecule has 200 valence electrons. The van der Waals surface area contributed by atoms with Crippen LogP contribution in [0.5, 0.6) is 0 Å². The van der Waals surface area contributed by atoms with E-state index in [0.29, 0.717) is 17.1 Å². The largest absolute Gasteiger partial charge is 0.419 e. The van der Waals surface area contributed by atoms with Gasteiger partial charge in [0.25, 0.3) is 0 Å². The van der Waals surface area contributed by atoms with Crippen molar-refractivity contribution in [2.75, 3.05) is 25.0 Å². The van der Waals surface area contributed by atoms with Crippen molar-refractivity contribution in [1.29, 1.82) is 0 Å². The second-order valence-corrected chi connectivity index (χ2v) is 9.23. The third-order valence-electron chi connectivity index (χ3n) is 6.33. The van der Waals surface area contributed by atoms with Crippen molar-refractivity contribution in [3.63, 3.8) is 0 Å². The number of pyridine rings is 1. The van der Waals surface area contributed by atoms with Gasteiger partial charge in [-0.2, -0.15) is 26.3 Å². The highest BCUT2D eigenvalue weighted by Gasteiger charge is 2.42. The lowest BCUT2D eigenvalue weighted by atomic mass is 9.93. The molecule has 0 bridgehead atoms. The van der Waals surface area contributed by atoms with Gasteiger partial charge in [0.1, 0.15) is 17.5 Å². The fraction of sp³-hybridized carbons (Fsp3) is 0.458.